The van der Waals surface area contributed by atoms with Crippen molar-refractivity contribution in [2.24, 2.45) is 7.05 Å². The molecule has 1 saturated heterocycles. The number of nitrogens with zero attached hydrogens (tertiary/aromatic N) is 2. The second kappa shape index (κ2) is 9.91. The first kappa shape index (κ1) is 24.5. The third kappa shape index (κ3) is 5.71. The standard InChI is InChI=1S/C25H26FN3O5S/c1-17-13-22(16-24(30)28(17)2)34-21-9-11-29(12-10-21)25(31)18-5-3-7-20(14-18)27-35(32,33)23-8-4-6-19(26)15-23/h3-8,13-16,21,27H,9-12H2,1-2H3. The quantitative estimate of drug-likeness (QED) is 0.561. The lowest BCUT2D eigenvalue weighted by Gasteiger charge is -2.32. The topological polar surface area (TPSA) is 97.7 Å². The fourth-order valence-electron chi connectivity index (χ4n) is 3.92. The Kier molecular flexibility index (Phi) is 6.93. The highest BCUT2D eigenvalue weighted by molar-refractivity contribution is 7.92. The van der Waals surface area contributed by atoms with Crippen LogP contribution in [0.4, 0.5) is 10.1 Å². The molecule has 1 fully saturated rings. The lowest BCUT2D eigenvalue weighted by molar-refractivity contribution is 0.0595. The van der Waals surface area contributed by atoms with Gasteiger partial charge >= 0.3 is 0 Å². The van der Waals surface area contributed by atoms with Gasteiger partial charge in [-0.1, -0.05) is 12.1 Å². The summed E-state index contributed by atoms with van der Waals surface area (Å²) in [6, 6.07) is 14.2. The van der Waals surface area contributed by atoms with Crippen LogP contribution in [0.1, 0.15) is 28.9 Å². The predicted octanol–water partition coefficient (Wildman–Crippen LogP) is 3.32. The van der Waals surface area contributed by atoms with E-state index in [0.29, 0.717) is 37.2 Å². The summed E-state index contributed by atoms with van der Waals surface area (Å²) in [4.78, 5) is 26.5. The van der Waals surface area contributed by atoms with Crippen LogP contribution in [-0.2, 0) is 17.1 Å². The second-order valence-corrected chi connectivity index (χ2v) is 10.2. The van der Waals surface area contributed by atoms with Crippen LogP contribution in [-0.4, -0.2) is 43.0 Å². The van der Waals surface area contributed by atoms with Crippen molar-refractivity contribution in [2.75, 3.05) is 17.8 Å². The van der Waals surface area contributed by atoms with Gasteiger partial charge in [0.15, 0.2) is 0 Å². The first-order valence-electron chi connectivity index (χ1n) is 11.1. The Balaban J connectivity index is 1.39. The number of pyridine rings is 1. The van der Waals surface area contributed by atoms with Gasteiger partial charge in [-0.3, -0.25) is 14.3 Å². The van der Waals surface area contributed by atoms with E-state index in [9.17, 15) is 22.4 Å². The number of aromatic nitrogens is 1. The van der Waals surface area contributed by atoms with Crippen LogP contribution in [0.25, 0.3) is 0 Å². The van der Waals surface area contributed by atoms with Crippen molar-refractivity contribution in [3.8, 4) is 5.75 Å². The average Bonchev–Trinajstić information content (AvgIpc) is 2.82. The number of aryl methyl sites for hydroxylation is 1. The number of carbonyl (C=O) groups is 1. The number of halogens is 1. The summed E-state index contributed by atoms with van der Waals surface area (Å²) in [6.45, 7) is 2.76. The number of anilines is 1. The zero-order valence-corrected chi connectivity index (χ0v) is 20.2. The molecule has 1 aliphatic heterocycles. The molecule has 35 heavy (non-hydrogen) atoms. The number of piperidine rings is 1. The third-order valence-electron chi connectivity index (χ3n) is 5.98. The first-order valence-corrected chi connectivity index (χ1v) is 12.6. The van der Waals surface area contributed by atoms with E-state index in [0.717, 1.165) is 17.8 Å². The minimum atomic E-state index is -4.00. The molecule has 3 aromatic rings. The Bertz CT molecular complexity index is 1410. The maximum Gasteiger partial charge on any atom is 0.261 e. The Morgan fingerprint density at radius 1 is 1.06 bits per heavy atom. The second-order valence-electron chi connectivity index (χ2n) is 8.48. The van der Waals surface area contributed by atoms with Crippen LogP contribution in [0.5, 0.6) is 5.75 Å². The number of likely N-dealkylation sites (tertiary alicyclic amines) is 1. The SMILES string of the molecule is Cc1cc(OC2CCN(C(=O)c3cccc(NS(=O)(=O)c4cccc(F)c4)c3)CC2)cc(=O)n1C. The van der Waals surface area contributed by atoms with E-state index >= 15 is 0 Å². The fraction of sp³-hybridized carbons (Fsp3) is 0.280. The highest BCUT2D eigenvalue weighted by Gasteiger charge is 2.25. The molecule has 1 amide bonds. The van der Waals surface area contributed by atoms with Gasteiger partial charge in [-0.05, 0) is 49.4 Å². The Morgan fingerprint density at radius 2 is 1.77 bits per heavy atom. The molecule has 1 aliphatic rings. The highest BCUT2D eigenvalue weighted by atomic mass is 32.2. The summed E-state index contributed by atoms with van der Waals surface area (Å²) in [5.41, 5.74) is 1.21. The monoisotopic (exact) mass is 499 g/mol. The lowest BCUT2D eigenvalue weighted by atomic mass is 10.1. The molecule has 0 spiro atoms. The largest absolute Gasteiger partial charge is 0.490 e. The average molecular weight is 500 g/mol. The normalized spacial score (nSPS) is 14.5. The van der Waals surface area contributed by atoms with E-state index in [1.54, 1.807) is 28.6 Å². The van der Waals surface area contributed by atoms with Crippen molar-refractivity contribution < 1.29 is 22.3 Å². The van der Waals surface area contributed by atoms with E-state index in [4.69, 9.17) is 4.74 Å². The van der Waals surface area contributed by atoms with Gasteiger partial charge in [0.25, 0.3) is 21.5 Å². The molecule has 8 nitrogen and oxygen atoms in total. The number of amides is 1. The van der Waals surface area contributed by atoms with Gasteiger partial charge in [-0.15, -0.1) is 0 Å². The highest BCUT2D eigenvalue weighted by Crippen LogP contribution is 2.22. The van der Waals surface area contributed by atoms with Crippen molar-refractivity contribution in [2.45, 2.75) is 30.8 Å². The minimum absolute atomic E-state index is 0.116. The first-order chi connectivity index (χ1) is 16.6. The number of ether oxygens (including phenoxy) is 1. The van der Waals surface area contributed by atoms with Crippen molar-refractivity contribution in [1.29, 1.82) is 0 Å². The zero-order chi connectivity index (χ0) is 25.2. The van der Waals surface area contributed by atoms with Crippen LogP contribution < -0.4 is 15.0 Å². The molecule has 0 aliphatic carbocycles. The Hall–Kier alpha value is -3.66. The van der Waals surface area contributed by atoms with Gasteiger partial charge < -0.3 is 14.2 Å². The number of carbonyl (C=O) groups excluding carboxylic acids is 1. The number of sulfonamides is 1. The number of rotatable bonds is 6. The van der Waals surface area contributed by atoms with Crippen LogP contribution in [0.3, 0.4) is 0 Å². The molecule has 1 N–H and O–H groups in total. The van der Waals surface area contributed by atoms with E-state index in [-0.39, 0.29) is 28.2 Å². The van der Waals surface area contributed by atoms with Gasteiger partial charge in [0.2, 0.25) is 0 Å². The lowest BCUT2D eigenvalue weighted by Crippen LogP contribution is -2.41. The molecule has 0 unspecified atom stereocenters. The molecule has 1 aromatic heterocycles. The summed E-state index contributed by atoms with van der Waals surface area (Å²) in [7, 11) is -2.30. The number of benzene rings is 2. The molecule has 0 atom stereocenters. The summed E-state index contributed by atoms with van der Waals surface area (Å²) < 4.78 is 48.5. The van der Waals surface area contributed by atoms with Gasteiger partial charge in [-0.25, -0.2) is 12.8 Å². The smallest absolute Gasteiger partial charge is 0.261 e. The molecule has 2 heterocycles. The summed E-state index contributed by atoms with van der Waals surface area (Å²) in [5.74, 6) is -0.359. The minimum Gasteiger partial charge on any atom is -0.490 e. The van der Waals surface area contributed by atoms with Crippen LogP contribution in [0, 0.1) is 12.7 Å². The molecule has 0 saturated carbocycles. The van der Waals surface area contributed by atoms with Crippen LogP contribution in [0.2, 0.25) is 0 Å². The van der Waals surface area contributed by atoms with E-state index in [1.807, 2.05) is 13.0 Å². The van der Waals surface area contributed by atoms with Crippen molar-refractivity contribution in [1.82, 2.24) is 9.47 Å². The molecule has 184 valence electrons. The Labute approximate surface area is 203 Å². The van der Waals surface area contributed by atoms with Gasteiger partial charge in [0.05, 0.1) is 4.90 Å². The molecular formula is C25H26FN3O5S. The van der Waals surface area contributed by atoms with Crippen molar-refractivity contribution >= 4 is 21.6 Å². The van der Waals surface area contributed by atoms with E-state index in [1.165, 1.54) is 30.3 Å². The molecule has 10 heteroatoms. The van der Waals surface area contributed by atoms with Gasteiger partial charge in [0, 0.05) is 56.0 Å². The van der Waals surface area contributed by atoms with Gasteiger partial charge in [-0.2, -0.15) is 0 Å². The van der Waals surface area contributed by atoms with Crippen LogP contribution in [0.15, 0.2) is 70.4 Å². The molecule has 0 bridgehead atoms. The molecular weight excluding hydrogens is 473 g/mol. The number of hydrogen-bond donors (Lipinski definition) is 1. The molecule has 4 rings (SSSR count). The Morgan fingerprint density at radius 3 is 2.46 bits per heavy atom. The maximum atomic E-state index is 13.4. The number of nitrogens with one attached hydrogen (secondary N) is 1. The number of hydrogen-bond acceptors (Lipinski definition) is 5. The van der Waals surface area contributed by atoms with Crippen LogP contribution >= 0.6 is 0 Å². The summed E-state index contributed by atoms with van der Waals surface area (Å²) in [6.07, 6.45) is 1.09. The predicted molar refractivity (Wildman–Crippen MR) is 130 cm³/mol. The third-order valence-corrected chi connectivity index (χ3v) is 7.36. The zero-order valence-electron chi connectivity index (χ0n) is 19.4. The van der Waals surface area contributed by atoms with Gasteiger partial charge in [0.1, 0.15) is 17.7 Å². The van der Waals surface area contributed by atoms with E-state index < -0.39 is 15.8 Å². The van der Waals surface area contributed by atoms with E-state index in [2.05, 4.69) is 4.72 Å². The summed E-state index contributed by atoms with van der Waals surface area (Å²) in [5, 5.41) is 0. The summed E-state index contributed by atoms with van der Waals surface area (Å²) >= 11 is 0. The van der Waals surface area contributed by atoms with Crippen molar-refractivity contribution in [3.05, 3.63) is 88.1 Å². The fourth-order valence-corrected chi connectivity index (χ4v) is 5.00. The molecule has 2 aromatic carbocycles. The van der Waals surface area contributed by atoms with Crippen molar-refractivity contribution in [3.63, 3.8) is 0 Å². The molecule has 0 radical (unpaired) electrons. The maximum absolute atomic E-state index is 13.4.